The molecule has 0 spiro atoms. The summed E-state index contributed by atoms with van der Waals surface area (Å²) in [6.07, 6.45) is 1.79. The molecule has 182 valence electrons. The maximum atomic E-state index is 13.6. The number of hydrogen-bond acceptors (Lipinski definition) is 6. The number of hydrogen-bond donors (Lipinski definition) is 1. The van der Waals surface area contributed by atoms with Crippen LogP contribution >= 0.6 is 11.6 Å². The first-order valence-electron chi connectivity index (χ1n) is 11.0. The van der Waals surface area contributed by atoms with Crippen LogP contribution in [0.3, 0.4) is 0 Å². The smallest absolute Gasteiger partial charge is 0.256 e. The number of ether oxygens (including phenoxy) is 2. The van der Waals surface area contributed by atoms with Gasteiger partial charge in [-0.2, -0.15) is 0 Å². The number of nitrogens with zero attached hydrogens (tertiary/aromatic N) is 1. The summed E-state index contributed by atoms with van der Waals surface area (Å²) in [5.74, 6) is -0.122. The average molecular weight is 507 g/mol. The van der Waals surface area contributed by atoms with Gasteiger partial charge in [0.25, 0.3) is 5.91 Å². The number of sulfone groups is 1. The van der Waals surface area contributed by atoms with Gasteiger partial charge in [-0.25, -0.2) is 8.42 Å². The average Bonchev–Trinajstić information content (AvgIpc) is 3.59. The zero-order valence-corrected chi connectivity index (χ0v) is 20.8. The molecule has 1 aliphatic carbocycles. The van der Waals surface area contributed by atoms with Gasteiger partial charge in [0, 0.05) is 28.3 Å². The zero-order chi connectivity index (χ0) is 24.6. The molecular formula is C24H27ClN2O6S. The fraction of sp³-hybridized carbons (Fsp3) is 0.417. The van der Waals surface area contributed by atoms with Crippen LogP contribution in [0.5, 0.6) is 11.5 Å². The van der Waals surface area contributed by atoms with Crippen LogP contribution in [0.1, 0.15) is 53.5 Å². The lowest BCUT2D eigenvalue weighted by Crippen LogP contribution is -2.44. The van der Waals surface area contributed by atoms with E-state index in [4.69, 9.17) is 21.1 Å². The Bertz CT molecular complexity index is 1230. The number of fused-ring (bicyclic) bond motifs is 1. The molecule has 2 atom stereocenters. The normalized spacial score (nSPS) is 18.4. The van der Waals surface area contributed by atoms with Crippen LogP contribution in [0.15, 0.2) is 36.4 Å². The highest BCUT2D eigenvalue weighted by Crippen LogP contribution is 2.44. The molecule has 2 aromatic rings. The SMILES string of the molecule is CCOc1cc([C@@H](CS(C)(=O)=O)N2C(=O)c3cccc(Cl)c3C2NC(=O)C2CC2)ccc1OC. The van der Waals surface area contributed by atoms with Crippen molar-refractivity contribution in [2.24, 2.45) is 5.92 Å². The third-order valence-electron chi connectivity index (χ3n) is 5.97. The summed E-state index contributed by atoms with van der Waals surface area (Å²) in [6.45, 7) is 2.20. The van der Waals surface area contributed by atoms with Crippen LogP contribution in [0.25, 0.3) is 0 Å². The molecule has 0 aromatic heterocycles. The number of carbonyl (C=O) groups excluding carboxylic acids is 2. The third-order valence-corrected chi connectivity index (χ3v) is 7.22. The molecule has 1 fully saturated rings. The summed E-state index contributed by atoms with van der Waals surface area (Å²) in [6, 6.07) is 9.10. The van der Waals surface area contributed by atoms with Gasteiger partial charge < -0.3 is 19.7 Å². The topological polar surface area (TPSA) is 102 Å². The molecule has 4 rings (SSSR count). The van der Waals surface area contributed by atoms with Gasteiger partial charge in [0.05, 0.1) is 25.5 Å². The van der Waals surface area contributed by atoms with E-state index in [9.17, 15) is 18.0 Å². The summed E-state index contributed by atoms with van der Waals surface area (Å²) in [4.78, 5) is 27.8. The Hall–Kier alpha value is -2.78. The van der Waals surface area contributed by atoms with Crippen molar-refractivity contribution >= 4 is 33.3 Å². The Kier molecular flexibility index (Phi) is 6.78. The van der Waals surface area contributed by atoms with Crippen molar-refractivity contribution in [2.45, 2.75) is 32.0 Å². The first-order valence-corrected chi connectivity index (χ1v) is 13.5. The van der Waals surface area contributed by atoms with Crippen molar-refractivity contribution in [3.8, 4) is 11.5 Å². The van der Waals surface area contributed by atoms with E-state index in [1.807, 2.05) is 6.92 Å². The number of methoxy groups -OCH3 is 1. The molecule has 0 bridgehead atoms. The standard InChI is InChI=1S/C24H27ClN2O6S/c1-4-33-20-12-15(10-11-19(20)32-2)18(13-34(3,30)31)27-22(26-23(28)14-8-9-14)21-16(24(27)29)6-5-7-17(21)25/h5-7,10-12,14,18,22H,4,8-9,13H2,1-3H3,(H,26,28)/t18-,22?/m1/s1. The molecule has 34 heavy (non-hydrogen) atoms. The fourth-order valence-electron chi connectivity index (χ4n) is 4.25. The molecule has 1 heterocycles. The molecule has 2 aromatic carbocycles. The van der Waals surface area contributed by atoms with E-state index in [0.29, 0.717) is 39.8 Å². The Morgan fingerprint density at radius 1 is 1.24 bits per heavy atom. The maximum absolute atomic E-state index is 13.6. The quantitative estimate of drug-likeness (QED) is 0.558. The van der Waals surface area contributed by atoms with E-state index >= 15 is 0 Å². The molecule has 1 aliphatic heterocycles. The molecule has 8 nitrogen and oxygen atoms in total. The minimum atomic E-state index is -3.54. The summed E-state index contributed by atoms with van der Waals surface area (Å²) in [7, 11) is -2.03. The summed E-state index contributed by atoms with van der Waals surface area (Å²) in [5.41, 5.74) is 1.35. The van der Waals surface area contributed by atoms with Crippen LogP contribution < -0.4 is 14.8 Å². The minimum absolute atomic E-state index is 0.109. The molecule has 2 aliphatic rings. The highest BCUT2D eigenvalue weighted by molar-refractivity contribution is 7.90. The van der Waals surface area contributed by atoms with Gasteiger partial charge in [0.15, 0.2) is 11.5 Å². The van der Waals surface area contributed by atoms with E-state index in [1.54, 1.807) is 36.4 Å². The van der Waals surface area contributed by atoms with E-state index in [1.165, 1.54) is 12.0 Å². The van der Waals surface area contributed by atoms with Gasteiger partial charge in [0.2, 0.25) is 5.91 Å². The fourth-order valence-corrected chi connectivity index (χ4v) is 5.46. The predicted octanol–water partition coefficient (Wildman–Crippen LogP) is 3.51. The van der Waals surface area contributed by atoms with Crippen molar-refractivity contribution in [2.75, 3.05) is 25.7 Å². The lowest BCUT2D eigenvalue weighted by Gasteiger charge is -2.34. The van der Waals surface area contributed by atoms with Gasteiger partial charge >= 0.3 is 0 Å². The van der Waals surface area contributed by atoms with Crippen molar-refractivity contribution in [3.63, 3.8) is 0 Å². The number of amides is 2. The minimum Gasteiger partial charge on any atom is -0.493 e. The Morgan fingerprint density at radius 3 is 2.59 bits per heavy atom. The van der Waals surface area contributed by atoms with Gasteiger partial charge in [-0.05, 0) is 49.6 Å². The third kappa shape index (κ3) is 4.86. The Labute approximate surface area is 204 Å². The van der Waals surface area contributed by atoms with Crippen LogP contribution in [0.2, 0.25) is 5.02 Å². The monoisotopic (exact) mass is 506 g/mol. The van der Waals surface area contributed by atoms with Gasteiger partial charge in [0.1, 0.15) is 16.0 Å². The summed E-state index contributed by atoms with van der Waals surface area (Å²) >= 11 is 6.48. The van der Waals surface area contributed by atoms with Gasteiger partial charge in [-0.3, -0.25) is 9.59 Å². The Balaban J connectivity index is 1.84. The van der Waals surface area contributed by atoms with E-state index in [2.05, 4.69) is 5.32 Å². The molecule has 1 unspecified atom stereocenters. The van der Waals surface area contributed by atoms with Crippen molar-refractivity contribution < 1.29 is 27.5 Å². The van der Waals surface area contributed by atoms with Crippen molar-refractivity contribution in [1.29, 1.82) is 0 Å². The van der Waals surface area contributed by atoms with Crippen molar-refractivity contribution in [3.05, 3.63) is 58.1 Å². The predicted molar refractivity (Wildman–Crippen MR) is 128 cm³/mol. The number of benzene rings is 2. The maximum Gasteiger partial charge on any atom is 0.256 e. The molecule has 0 radical (unpaired) electrons. The zero-order valence-electron chi connectivity index (χ0n) is 19.2. The van der Waals surface area contributed by atoms with Crippen LogP contribution in [0, 0.1) is 5.92 Å². The largest absolute Gasteiger partial charge is 0.493 e. The van der Waals surface area contributed by atoms with Gasteiger partial charge in [-0.15, -0.1) is 0 Å². The summed E-state index contributed by atoms with van der Waals surface area (Å²) < 4.78 is 36.0. The second-order valence-corrected chi connectivity index (χ2v) is 11.1. The molecule has 10 heteroatoms. The second-order valence-electron chi connectivity index (χ2n) is 8.55. The number of nitrogens with one attached hydrogen (secondary N) is 1. The highest BCUT2D eigenvalue weighted by atomic mass is 35.5. The van der Waals surface area contributed by atoms with E-state index < -0.39 is 28.0 Å². The van der Waals surface area contributed by atoms with Crippen LogP contribution in [-0.2, 0) is 14.6 Å². The Morgan fingerprint density at radius 2 is 1.97 bits per heavy atom. The lowest BCUT2D eigenvalue weighted by atomic mass is 10.1. The number of halogens is 1. The first kappa shape index (κ1) is 24.3. The molecule has 1 N–H and O–H groups in total. The van der Waals surface area contributed by atoms with E-state index in [0.717, 1.165) is 19.1 Å². The van der Waals surface area contributed by atoms with Gasteiger partial charge in [-0.1, -0.05) is 23.7 Å². The van der Waals surface area contributed by atoms with E-state index in [-0.39, 0.29) is 17.6 Å². The molecular weight excluding hydrogens is 480 g/mol. The number of carbonyl (C=O) groups is 2. The van der Waals surface area contributed by atoms with Crippen LogP contribution in [0.4, 0.5) is 0 Å². The molecule has 1 saturated carbocycles. The first-order chi connectivity index (χ1) is 16.1. The molecule has 0 saturated heterocycles. The highest BCUT2D eigenvalue weighted by Gasteiger charge is 2.45. The lowest BCUT2D eigenvalue weighted by molar-refractivity contribution is -0.124. The second kappa shape index (κ2) is 9.46. The molecule has 2 amide bonds. The number of rotatable bonds is 9. The summed E-state index contributed by atoms with van der Waals surface area (Å²) in [5, 5.41) is 3.28. The van der Waals surface area contributed by atoms with Crippen LogP contribution in [-0.4, -0.2) is 50.9 Å². The van der Waals surface area contributed by atoms with Crippen molar-refractivity contribution in [1.82, 2.24) is 10.2 Å².